The van der Waals surface area contributed by atoms with Gasteiger partial charge >= 0.3 is 0 Å². The van der Waals surface area contributed by atoms with Crippen LogP contribution < -0.4 is 4.74 Å². The van der Waals surface area contributed by atoms with Gasteiger partial charge in [-0.25, -0.2) is 0 Å². The van der Waals surface area contributed by atoms with E-state index in [0.717, 1.165) is 22.2 Å². The fraction of sp³-hybridized carbons (Fsp3) is 0.250. The molecule has 0 N–H and O–H groups in total. The first-order valence-electron chi connectivity index (χ1n) is 4.76. The molecular weight excluding hydrogens is 254 g/mol. The van der Waals surface area contributed by atoms with Crippen LogP contribution in [0.25, 0.3) is 6.08 Å². The Labute approximate surface area is 98.3 Å². The lowest BCUT2D eigenvalue weighted by molar-refractivity contribution is 0.317. The Morgan fingerprint density at radius 1 is 1.53 bits per heavy atom. The molecule has 0 saturated carbocycles. The largest absolute Gasteiger partial charge is 0.493 e. The minimum Gasteiger partial charge on any atom is -0.493 e. The summed E-state index contributed by atoms with van der Waals surface area (Å²) in [6.07, 6.45) is 4.16. The number of hydrogen-bond donors (Lipinski definition) is 0. The van der Waals surface area contributed by atoms with Gasteiger partial charge in [0.2, 0.25) is 0 Å². The van der Waals surface area contributed by atoms with Crippen LogP contribution in [0.4, 0.5) is 0 Å². The van der Waals surface area contributed by atoms with E-state index in [0.29, 0.717) is 6.61 Å². The summed E-state index contributed by atoms with van der Waals surface area (Å²) in [4.78, 5) is 0. The highest BCUT2D eigenvalue weighted by atomic mass is 79.9. The average molecular weight is 266 g/mol. The predicted molar refractivity (Wildman–Crippen MR) is 64.6 cm³/mol. The van der Waals surface area contributed by atoms with E-state index in [4.69, 9.17) is 10.00 Å². The van der Waals surface area contributed by atoms with Crippen LogP contribution in [0.1, 0.15) is 18.9 Å². The van der Waals surface area contributed by atoms with Crippen LogP contribution in [-0.4, -0.2) is 6.61 Å². The summed E-state index contributed by atoms with van der Waals surface area (Å²) in [6, 6.07) is 7.72. The molecule has 3 heteroatoms. The quantitative estimate of drug-likeness (QED) is 0.777. The van der Waals surface area contributed by atoms with Gasteiger partial charge in [0.05, 0.1) is 12.7 Å². The topological polar surface area (TPSA) is 33.0 Å². The second-order valence-electron chi connectivity index (χ2n) is 2.99. The standard InChI is InChI=1S/C12H12BrNO/c1-2-8-15-12-6-5-11(13)9-10(12)4-3-7-14/h3-6,9H,2,8H2,1H3/b4-3+. The highest BCUT2D eigenvalue weighted by molar-refractivity contribution is 9.10. The van der Waals surface area contributed by atoms with Crippen molar-refractivity contribution in [2.75, 3.05) is 6.61 Å². The van der Waals surface area contributed by atoms with Crippen molar-refractivity contribution in [1.29, 1.82) is 5.26 Å². The third-order valence-electron chi connectivity index (χ3n) is 1.77. The molecule has 0 bridgehead atoms. The molecule has 0 aliphatic rings. The molecule has 0 spiro atoms. The molecule has 78 valence electrons. The van der Waals surface area contributed by atoms with Crippen LogP contribution >= 0.6 is 15.9 Å². The molecule has 0 aliphatic heterocycles. The lowest BCUT2D eigenvalue weighted by Crippen LogP contribution is -1.96. The van der Waals surface area contributed by atoms with E-state index in [-0.39, 0.29) is 0 Å². The van der Waals surface area contributed by atoms with E-state index < -0.39 is 0 Å². The number of allylic oxidation sites excluding steroid dienone is 1. The zero-order valence-electron chi connectivity index (χ0n) is 8.53. The molecule has 0 aromatic heterocycles. The molecule has 2 nitrogen and oxygen atoms in total. The lowest BCUT2D eigenvalue weighted by atomic mass is 10.2. The first-order valence-corrected chi connectivity index (χ1v) is 5.55. The van der Waals surface area contributed by atoms with Gasteiger partial charge in [-0.2, -0.15) is 5.26 Å². The van der Waals surface area contributed by atoms with Gasteiger partial charge in [0.1, 0.15) is 5.75 Å². The molecule has 0 fully saturated rings. The van der Waals surface area contributed by atoms with E-state index in [1.807, 2.05) is 24.3 Å². The maximum atomic E-state index is 8.47. The minimum absolute atomic E-state index is 0.690. The van der Waals surface area contributed by atoms with Crippen molar-refractivity contribution in [2.24, 2.45) is 0 Å². The molecule has 0 heterocycles. The maximum Gasteiger partial charge on any atom is 0.126 e. The predicted octanol–water partition coefficient (Wildman–Crippen LogP) is 3.77. The highest BCUT2D eigenvalue weighted by Gasteiger charge is 2.00. The van der Waals surface area contributed by atoms with Gasteiger partial charge in [-0.3, -0.25) is 0 Å². The molecule has 1 aromatic carbocycles. The monoisotopic (exact) mass is 265 g/mol. The summed E-state index contributed by atoms with van der Waals surface area (Å²) in [5, 5.41) is 8.47. The van der Waals surface area contributed by atoms with E-state index in [2.05, 4.69) is 22.9 Å². The van der Waals surface area contributed by atoms with E-state index >= 15 is 0 Å². The minimum atomic E-state index is 0.690. The molecule has 1 rings (SSSR count). The van der Waals surface area contributed by atoms with Gasteiger partial charge < -0.3 is 4.74 Å². The number of ether oxygens (including phenoxy) is 1. The smallest absolute Gasteiger partial charge is 0.126 e. The van der Waals surface area contributed by atoms with E-state index in [1.54, 1.807) is 6.08 Å². The van der Waals surface area contributed by atoms with Crippen molar-refractivity contribution in [3.63, 3.8) is 0 Å². The summed E-state index contributed by atoms with van der Waals surface area (Å²) in [5.74, 6) is 0.812. The first kappa shape index (κ1) is 11.8. The van der Waals surface area contributed by atoms with Crippen molar-refractivity contribution in [2.45, 2.75) is 13.3 Å². The summed E-state index contributed by atoms with van der Waals surface area (Å²) >= 11 is 3.38. The Balaban J connectivity index is 2.93. The third-order valence-corrected chi connectivity index (χ3v) is 2.26. The summed E-state index contributed by atoms with van der Waals surface area (Å²) in [7, 11) is 0. The normalized spacial score (nSPS) is 10.2. The molecule has 0 saturated heterocycles. The molecule has 1 aromatic rings. The lowest BCUT2D eigenvalue weighted by Gasteiger charge is -2.08. The molecular formula is C12H12BrNO. The molecule has 0 unspecified atom stereocenters. The van der Waals surface area contributed by atoms with Crippen molar-refractivity contribution in [1.82, 2.24) is 0 Å². The fourth-order valence-electron chi connectivity index (χ4n) is 1.12. The second-order valence-corrected chi connectivity index (χ2v) is 3.91. The van der Waals surface area contributed by atoms with Crippen LogP contribution in [0.2, 0.25) is 0 Å². The van der Waals surface area contributed by atoms with Crippen LogP contribution in [0.3, 0.4) is 0 Å². The number of hydrogen-bond acceptors (Lipinski definition) is 2. The van der Waals surface area contributed by atoms with E-state index in [9.17, 15) is 0 Å². The second kappa shape index (κ2) is 6.26. The number of rotatable bonds is 4. The highest BCUT2D eigenvalue weighted by Crippen LogP contribution is 2.24. The van der Waals surface area contributed by atoms with Crippen LogP contribution in [-0.2, 0) is 0 Å². The van der Waals surface area contributed by atoms with Crippen molar-refractivity contribution in [3.8, 4) is 11.8 Å². The summed E-state index contributed by atoms with van der Waals surface area (Å²) < 4.78 is 6.53. The van der Waals surface area contributed by atoms with Gasteiger partial charge in [-0.05, 0) is 30.7 Å². The average Bonchev–Trinajstić information content (AvgIpc) is 2.25. The molecule has 15 heavy (non-hydrogen) atoms. The van der Waals surface area contributed by atoms with Gasteiger partial charge in [-0.15, -0.1) is 0 Å². The Morgan fingerprint density at radius 3 is 3.00 bits per heavy atom. The Hall–Kier alpha value is -1.27. The van der Waals surface area contributed by atoms with Crippen LogP contribution in [0, 0.1) is 11.3 Å². The van der Waals surface area contributed by atoms with E-state index in [1.165, 1.54) is 6.08 Å². The first-order chi connectivity index (χ1) is 7.27. The van der Waals surface area contributed by atoms with Gasteiger partial charge in [0.25, 0.3) is 0 Å². The molecule has 0 amide bonds. The van der Waals surface area contributed by atoms with Crippen LogP contribution in [0.15, 0.2) is 28.7 Å². The number of benzene rings is 1. The third kappa shape index (κ3) is 3.77. The molecule has 0 radical (unpaired) electrons. The summed E-state index contributed by atoms with van der Waals surface area (Å²) in [6.45, 7) is 2.75. The zero-order chi connectivity index (χ0) is 11.1. The Bertz CT molecular complexity index is 393. The number of nitriles is 1. The summed E-state index contributed by atoms with van der Waals surface area (Å²) in [5.41, 5.74) is 0.916. The van der Waals surface area contributed by atoms with Crippen LogP contribution in [0.5, 0.6) is 5.75 Å². The molecule has 0 aliphatic carbocycles. The van der Waals surface area contributed by atoms with Gasteiger partial charge in [0.15, 0.2) is 0 Å². The number of nitrogens with zero attached hydrogens (tertiary/aromatic N) is 1. The van der Waals surface area contributed by atoms with Gasteiger partial charge in [0, 0.05) is 16.1 Å². The Morgan fingerprint density at radius 2 is 2.33 bits per heavy atom. The van der Waals surface area contributed by atoms with Crippen molar-refractivity contribution >= 4 is 22.0 Å². The zero-order valence-corrected chi connectivity index (χ0v) is 10.1. The SMILES string of the molecule is CCCOc1ccc(Br)cc1/C=C/C#N. The Kier molecular flexibility index (Phi) is 4.92. The van der Waals surface area contributed by atoms with Crippen molar-refractivity contribution in [3.05, 3.63) is 34.3 Å². The molecule has 0 atom stereocenters. The number of halogens is 1. The van der Waals surface area contributed by atoms with Gasteiger partial charge in [-0.1, -0.05) is 22.9 Å². The fourth-order valence-corrected chi connectivity index (χ4v) is 1.50. The maximum absolute atomic E-state index is 8.47. The van der Waals surface area contributed by atoms with Crippen molar-refractivity contribution < 1.29 is 4.74 Å².